The zero-order chi connectivity index (χ0) is 21.7. The van der Waals surface area contributed by atoms with Gasteiger partial charge in [0, 0.05) is 10.8 Å². The second-order valence-electron chi connectivity index (χ2n) is 10.4. The molecular weight excluding hydrogens is 451 g/mol. The monoisotopic (exact) mass is 478 g/mol. The zero-order valence-electron chi connectivity index (χ0n) is 17.8. The first-order valence-electron chi connectivity index (χ1n) is 10.8. The first kappa shape index (κ1) is 20.8. The Labute approximate surface area is 185 Å². The van der Waals surface area contributed by atoms with Crippen LogP contribution in [-0.4, -0.2) is 40.6 Å². The van der Waals surface area contributed by atoms with Crippen LogP contribution < -0.4 is 0 Å². The summed E-state index contributed by atoms with van der Waals surface area (Å²) in [6.07, 6.45) is 7.25. The molecule has 2 saturated carbocycles. The van der Waals surface area contributed by atoms with Crippen molar-refractivity contribution in [3.63, 3.8) is 0 Å². The van der Waals surface area contributed by atoms with Gasteiger partial charge in [0.2, 0.25) is 0 Å². The zero-order valence-corrected chi connectivity index (χ0v) is 19.4. The minimum Gasteiger partial charge on any atom is -0.344 e. The van der Waals surface area contributed by atoms with Gasteiger partial charge in [0.25, 0.3) is 0 Å². The van der Waals surface area contributed by atoms with E-state index in [1.54, 1.807) is 6.08 Å². The molecular formula is C24H28BrFO4. The SMILES string of the molecule is CC1(C)O[C@@H]2C[C@H]3[C@@H]4C[C@H](F)C5=CC(=O)C=C[C@]5(C)C4=CC[C@]3(C)[C@]2(C(=O)CBr)O1. The fourth-order valence-corrected chi connectivity index (χ4v) is 7.65. The molecule has 4 aliphatic carbocycles. The van der Waals surface area contributed by atoms with Crippen LogP contribution in [0.3, 0.4) is 0 Å². The Morgan fingerprint density at radius 2 is 1.97 bits per heavy atom. The Hall–Kier alpha value is -1.11. The molecule has 3 fully saturated rings. The normalized spacial score (nSPS) is 48.3. The van der Waals surface area contributed by atoms with Crippen molar-refractivity contribution in [1.29, 1.82) is 0 Å². The first-order chi connectivity index (χ1) is 14.0. The van der Waals surface area contributed by atoms with Crippen molar-refractivity contribution in [2.75, 3.05) is 5.33 Å². The quantitative estimate of drug-likeness (QED) is 0.428. The largest absolute Gasteiger partial charge is 0.344 e. The third kappa shape index (κ3) is 2.39. The smallest absolute Gasteiger partial charge is 0.178 e. The van der Waals surface area contributed by atoms with Crippen LogP contribution in [0.15, 0.2) is 35.5 Å². The van der Waals surface area contributed by atoms with Crippen LogP contribution in [0.25, 0.3) is 0 Å². The van der Waals surface area contributed by atoms with Crippen LogP contribution in [0, 0.1) is 22.7 Å². The van der Waals surface area contributed by atoms with Gasteiger partial charge in [-0.25, -0.2) is 4.39 Å². The number of allylic oxidation sites excluding steroid dienone is 6. The second-order valence-corrected chi connectivity index (χ2v) is 10.9. The van der Waals surface area contributed by atoms with E-state index in [4.69, 9.17) is 9.47 Å². The predicted octanol–water partition coefficient (Wildman–Crippen LogP) is 4.63. The van der Waals surface area contributed by atoms with Crippen LogP contribution in [-0.2, 0) is 19.1 Å². The summed E-state index contributed by atoms with van der Waals surface area (Å²) in [4.78, 5) is 25.2. The molecule has 0 aromatic heterocycles. The number of halogens is 2. The van der Waals surface area contributed by atoms with Crippen molar-refractivity contribution in [3.8, 4) is 0 Å². The average molecular weight is 479 g/mol. The number of Topliss-reactive ketones (excluding diaryl/α,β-unsaturated/α-hetero) is 1. The molecule has 0 amide bonds. The van der Waals surface area contributed by atoms with E-state index < -0.39 is 28.4 Å². The second kappa shape index (κ2) is 6.23. The van der Waals surface area contributed by atoms with Crippen molar-refractivity contribution in [1.82, 2.24) is 0 Å². The van der Waals surface area contributed by atoms with Crippen LogP contribution in [0.2, 0.25) is 0 Å². The lowest BCUT2D eigenvalue weighted by Crippen LogP contribution is -2.59. The van der Waals surface area contributed by atoms with Crippen LogP contribution in [0.5, 0.6) is 0 Å². The van der Waals surface area contributed by atoms with Gasteiger partial charge in [0.15, 0.2) is 23.0 Å². The predicted molar refractivity (Wildman–Crippen MR) is 114 cm³/mol. The molecule has 7 atom stereocenters. The lowest BCUT2D eigenvalue weighted by atomic mass is 9.51. The van der Waals surface area contributed by atoms with Gasteiger partial charge in [0.1, 0.15) is 6.17 Å². The van der Waals surface area contributed by atoms with Gasteiger partial charge in [-0.1, -0.05) is 40.6 Å². The molecule has 1 aliphatic heterocycles. The maximum Gasteiger partial charge on any atom is 0.178 e. The molecule has 0 unspecified atom stereocenters. The topological polar surface area (TPSA) is 52.6 Å². The highest BCUT2D eigenvalue weighted by molar-refractivity contribution is 9.09. The molecule has 1 saturated heterocycles. The molecule has 4 nitrogen and oxygen atoms in total. The molecule has 30 heavy (non-hydrogen) atoms. The molecule has 162 valence electrons. The average Bonchev–Trinajstić information content (AvgIpc) is 3.09. The van der Waals surface area contributed by atoms with Crippen LogP contribution in [0.1, 0.15) is 47.0 Å². The first-order valence-corrected chi connectivity index (χ1v) is 11.9. The summed E-state index contributed by atoms with van der Waals surface area (Å²) < 4.78 is 28.1. The maximum absolute atomic E-state index is 15.4. The molecule has 0 spiro atoms. The standard InChI is InChI=1S/C24H28BrFO4/c1-21(2)29-20-11-16-14-10-18(26)17-9-13(27)5-7-22(17,3)15(14)6-8-23(16,4)24(20,30-21)19(28)12-25/h5-7,9,14,16,18,20H,8,10-12H2,1-4H3/t14-,16+,18+,20-,22-,23+,24-/m1/s1. The van der Waals surface area contributed by atoms with Gasteiger partial charge >= 0.3 is 0 Å². The van der Waals surface area contributed by atoms with E-state index in [0.717, 1.165) is 0 Å². The highest BCUT2D eigenvalue weighted by Crippen LogP contribution is 2.69. The van der Waals surface area contributed by atoms with E-state index in [-0.39, 0.29) is 34.8 Å². The molecule has 0 radical (unpaired) electrons. The molecule has 5 aliphatic rings. The van der Waals surface area contributed by atoms with Gasteiger partial charge in [-0.2, -0.15) is 0 Å². The Morgan fingerprint density at radius 3 is 2.67 bits per heavy atom. The summed E-state index contributed by atoms with van der Waals surface area (Å²) in [6.45, 7) is 7.85. The van der Waals surface area contributed by atoms with E-state index in [9.17, 15) is 9.59 Å². The third-order valence-corrected chi connectivity index (χ3v) is 8.97. The van der Waals surface area contributed by atoms with E-state index >= 15 is 4.39 Å². The highest BCUT2D eigenvalue weighted by atomic mass is 79.9. The van der Waals surface area contributed by atoms with E-state index in [2.05, 4.69) is 28.9 Å². The summed E-state index contributed by atoms with van der Waals surface area (Å²) in [5.74, 6) is -0.915. The summed E-state index contributed by atoms with van der Waals surface area (Å²) >= 11 is 3.36. The molecule has 0 N–H and O–H groups in total. The fraction of sp³-hybridized carbons (Fsp3) is 0.667. The number of ketones is 2. The fourth-order valence-electron chi connectivity index (χ4n) is 7.24. The van der Waals surface area contributed by atoms with Crippen molar-refractivity contribution in [3.05, 3.63) is 35.5 Å². The summed E-state index contributed by atoms with van der Waals surface area (Å²) in [5, 5.41) is 0.202. The number of fused-ring (bicyclic) bond motifs is 7. The molecule has 0 bridgehead atoms. The van der Waals surface area contributed by atoms with Gasteiger partial charge < -0.3 is 9.47 Å². The van der Waals surface area contributed by atoms with Crippen LogP contribution in [0.4, 0.5) is 4.39 Å². The number of hydrogen-bond donors (Lipinski definition) is 0. The minimum atomic E-state index is -1.17. The number of rotatable bonds is 2. The number of ether oxygens (including phenoxy) is 2. The molecule has 6 heteroatoms. The Balaban J connectivity index is 1.63. The Kier molecular flexibility index (Phi) is 4.31. The van der Waals surface area contributed by atoms with Crippen molar-refractivity contribution < 1.29 is 23.5 Å². The van der Waals surface area contributed by atoms with Crippen molar-refractivity contribution >= 4 is 27.5 Å². The molecule has 1 heterocycles. The van der Waals surface area contributed by atoms with E-state index in [1.807, 2.05) is 26.8 Å². The summed E-state index contributed by atoms with van der Waals surface area (Å²) in [7, 11) is 0. The molecule has 0 aromatic carbocycles. The number of alkyl halides is 2. The van der Waals surface area contributed by atoms with Gasteiger partial charge in [0.05, 0.1) is 11.4 Å². The third-order valence-electron chi connectivity index (χ3n) is 8.46. The van der Waals surface area contributed by atoms with Crippen LogP contribution >= 0.6 is 15.9 Å². The van der Waals surface area contributed by atoms with E-state index in [0.29, 0.717) is 24.8 Å². The Morgan fingerprint density at radius 1 is 1.23 bits per heavy atom. The highest BCUT2D eigenvalue weighted by Gasteiger charge is 2.74. The number of carbonyl (C=O) groups is 2. The van der Waals surface area contributed by atoms with Gasteiger partial charge in [-0.3, -0.25) is 9.59 Å². The minimum absolute atomic E-state index is 0.00230. The van der Waals surface area contributed by atoms with Crippen molar-refractivity contribution in [2.24, 2.45) is 22.7 Å². The number of hydrogen-bond acceptors (Lipinski definition) is 4. The lowest BCUT2D eigenvalue weighted by molar-refractivity contribution is -0.203. The van der Waals surface area contributed by atoms with Gasteiger partial charge in [-0.15, -0.1) is 0 Å². The molecule has 5 rings (SSSR count). The number of carbonyl (C=O) groups excluding carboxylic acids is 2. The molecule has 0 aromatic rings. The van der Waals surface area contributed by atoms with Gasteiger partial charge in [-0.05, 0) is 69.6 Å². The maximum atomic E-state index is 15.4. The van der Waals surface area contributed by atoms with Crippen molar-refractivity contribution in [2.45, 2.75) is 70.6 Å². The Bertz CT molecular complexity index is 935. The summed E-state index contributed by atoms with van der Waals surface area (Å²) in [5.41, 5.74) is -0.346. The summed E-state index contributed by atoms with van der Waals surface area (Å²) in [6, 6.07) is 0. The lowest BCUT2D eigenvalue weighted by Gasteiger charge is -2.54. The van der Waals surface area contributed by atoms with E-state index in [1.165, 1.54) is 11.6 Å².